The van der Waals surface area contributed by atoms with E-state index in [1.54, 1.807) is 0 Å². The van der Waals surface area contributed by atoms with Crippen molar-refractivity contribution in [2.24, 2.45) is 5.92 Å². The van der Waals surface area contributed by atoms with Crippen molar-refractivity contribution in [3.05, 3.63) is 23.9 Å². The summed E-state index contributed by atoms with van der Waals surface area (Å²) in [6.07, 6.45) is -2.15. The predicted molar refractivity (Wildman–Crippen MR) is 66.2 cm³/mol. The van der Waals surface area contributed by atoms with Gasteiger partial charge in [0.1, 0.15) is 11.5 Å². The average molecular weight is 288 g/mol. The molecule has 110 valence electrons. The van der Waals surface area contributed by atoms with E-state index in [9.17, 15) is 18.0 Å². The van der Waals surface area contributed by atoms with Crippen LogP contribution in [-0.2, 0) is 11.0 Å². The van der Waals surface area contributed by atoms with Crippen LogP contribution in [0, 0.1) is 5.92 Å². The van der Waals surface area contributed by atoms with E-state index in [4.69, 9.17) is 5.11 Å². The molecule has 1 aromatic heterocycles. The van der Waals surface area contributed by atoms with E-state index in [0.717, 1.165) is 6.07 Å². The number of carboxylic acids is 1. The van der Waals surface area contributed by atoms with Crippen LogP contribution in [0.2, 0.25) is 0 Å². The lowest BCUT2D eigenvalue weighted by Crippen LogP contribution is -2.29. The molecule has 7 heteroatoms. The van der Waals surface area contributed by atoms with Crippen LogP contribution in [0.5, 0.6) is 0 Å². The number of anilines is 1. The number of carboxylic acid groups (broad SMARTS) is 1. The third kappa shape index (κ3) is 3.61. The van der Waals surface area contributed by atoms with Crippen molar-refractivity contribution in [3.63, 3.8) is 0 Å². The van der Waals surface area contributed by atoms with Gasteiger partial charge in [0.2, 0.25) is 0 Å². The summed E-state index contributed by atoms with van der Waals surface area (Å²) in [4.78, 5) is 14.4. The Labute approximate surface area is 114 Å². The monoisotopic (exact) mass is 288 g/mol. The van der Waals surface area contributed by atoms with Gasteiger partial charge in [-0.2, -0.15) is 13.2 Å². The molecule has 1 aliphatic carbocycles. The molecule has 1 heterocycles. The van der Waals surface area contributed by atoms with Crippen LogP contribution in [0.3, 0.4) is 0 Å². The molecule has 0 radical (unpaired) electrons. The second kappa shape index (κ2) is 5.68. The van der Waals surface area contributed by atoms with Crippen molar-refractivity contribution in [2.75, 3.05) is 5.32 Å². The molecule has 4 nitrogen and oxygen atoms in total. The molecule has 0 bridgehead atoms. The van der Waals surface area contributed by atoms with Crippen molar-refractivity contribution in [2.45, 2.75) is 37.9 Å². The second-order valence-corrected chi connectivity index (χ2v) is 4.94. The van der Waals surface area contributed by atoms with E-state index < -0.39 is 17.8 Å². The first-order valence-electron chi connectivity index (χ1n) is 6.40. The smallest absolute Gasteiger partial charge is 0.433 e. The van der Waals surface area contributed by atoms with E-state index in [1.165, 1.54) is 12.1 Å². The number of rotatable bonds is 3. The molecule has 1 aromatic rings. The van der Waals surface area contributed by atoms with Crippen LogP contribution in [0.1, 0.15) is 31.4 Å². The molecule has 0 spiro atoms. The summed E-state index contributed by atoms with van der Waals surface area (Å²) < 4.78 is 37.6. The summed E-state index contributed by atoms with van der Waals surface area (Å²) in [6.45, 7) is 0. The number of pyridine rings is 1. The molecule has 2 N–H and O–H groups in total. The van der Waals surface area contributed by atoms with Gasteiger partial charge in [0.05, 0.1) is 5.92 Å². The fourth-order valence-electron chi connectivity index (χ4n) is 2.37. The summed E-state index contributed by atoms with van der Waals surface area (Å²) in [5, 5.41) is 11.8. The van der Waals surface area contributed by atoms with E-state index >= 15 is 0 Å². The Kier molecular flexibility index (Phi) is 4.15. The number of alkyl halides is 3. The number of nitrogens with zero attached hydrogens (tertiary/aromatic N) is 1. The molecule has 20 heavy (non-hydrogen) atoms. The first kappa shape index (κ1) is 14.6. The minimum absolute atomic E-state index is 0.0263. The maximum Gasteiger partial charge on any atom is 0.433 e. The number of halogens is 3. The number of aromatic nitrogens is 1. The van der Waals surface area contributed by atoms with Gasteiger partial charge in [-0.25, -0.2) is 4.98 Å². The Balaban J connectivity index is 1.96. The number of carbonyl (C=O) groups is 1. The summed E-state index contributed by atoms with van der Waals surface area (Å²) in [7, 11) is 0. The van der Waals surface area contributed by atoms with E-state index in [2.05, 4.69) is 10.3 Å². The molecule has 0 aromatic carbocycles. The highest BCUT2D eigenvalue weighted by atomic mass is 19.4. The van der Waals surface area contributed by atoms with E-state index in [1.807, 2.05) is 0 Å². The lowest BCUT2D eigenvalue weighted by Gasteiger charge is -2.27. The van der Waals surface area contributed by atoms with Gasteiger partial charge in [-0.15, -0.1) is 0 Å². The average Bonchev–Trinajstić information content (AvgIpc) is 2.38. The Hall–Kier alpha value is -1.79. The third-order valence-corrected chi connectivity index (χ3v) is 3.47. The maximum absolute atomic E-state index is 12.5. The van der Waals surface area contributed by atoms with Gasteiger partial charge in [0.25, 0.3) is 0 Å². The lowest BCUT2D eigenvalue weighted by atomic mass is 9.86. The maximum atomic E-state index is 12.5. The van der Waals surface area contributed by atoms with Gasteiger partial charge in [0.15, 0.2) is 0 Å². The molecule has 1 fully saturated rings. The van der Waals surface area contributed by atoms with Crippen molar-refractivity contribution in [1.82, 2.24) is 4.98 Å². The van der Waals surface area contributed by atoms with Crippen LogP contribution in [0.15, 0.2) is 18.2 Å². The van der Waals surface area contributed by atoms with Gasteiger partial charge in [-0.1, -0.05) is 6.07 Å². The highest BCUT2D eigenvalue weighted by Crippen LogP contribution is 2.30. The summed E-state index contributed by atoms with van der Waals surface area (Å²) in [5.74, 6) is -0.971. The Bertz CT molecular complexity index is 483. The van der Waals surface area contributed by atoms with Crippen molar-refractivity contribution >= 4 is 11.8 Å². The molecule has 0 unspecified atom stereocenters. The molecular weight excluding hydrogens is 273 g/mol. The van der Waals surface area contributed by atoms with Gasteiger partial charge in [-0.05, 0) is 37.8 Å². The Morgan fingerprint density at radius 3 is 2.45 bits per heavy atom. The summed E-state index contributed by atoms with van der Waals surface area (Å²) in [5.41, 5.74) is -0.929. The molecule has 0 aliphatic heterocycles. The van der Waals surface area contributed by atoms with Crippen molar-refractivity contribution in [1.29, 1.82) is 0 Å². The van der Waals surface area contributed by atoms with Crippen LogP contribution >= 0.6 is 0 Å². The van der Waals surface area contributed by atoms with E-state index in [-0.39, 0.29) is 17.8 Å². The molecule has 2 rings (SSSR count). The molecule has 1 saturated carbocycles. The fraction of sp³-hybridized carbons (Fsp3) is 0.538. The van der Waals surface area contributed by atoms with Crippen LogP contribution in [0.4, 0.5) is 19.0 Å². The Morgan fingerprint density at radius 1 is 1.25 bits per heavy atom. The molecule has 0 saturated heterocycles. The minimum atomic E-state index is -4.46. The molecule has 0 atom stereocenters. The number of nitrogens with one attached hydrogen (secondary N) is 1. The van der Waals surface area contributed by atoms with Gasteiger partial charge >= 0.3 is 12.1 Å². The quantitative estimate of drug-likeness (QED) is 0.897. The number of aliphatic carboxylic acids is 1. The molecule has 1 aliphatic rings. The normalized spacial score (nSPS) is 23.4. The second-order valence-electron chi connectivity index (χ2n) is 4.94. The summed E-state index contributed by atoms with van der Waals surface area (Å²) >= 11 is 0. The number of hydrogen-bond acceptors (Lipinski definition) is 3. The zero-order valence-corrected chi connectivity index (χ0v) is 10.7. The molecule has 0 amide bonds. The van der Waals surface area contributed by atoms with Crippen LogP contribution in [0.25, 0.3) is 0 Å². The third-order valence-electron chi connectivity index (χ3n) is 3.47. The fourth-order valence-corrected chi connectivity index (χ4v) is 2.37. The van der Waals surface area contributed by atoms with E-state index in [0.29, 0.717) is 25.7 Å². The highest BCUT2D eigenvalue weighted by Gasteiger charge is 2.33. The predicted octanol–water partition coefficient (Wildman–Crippen LogP) is 3.16. The van der Waals surface area contributed by atoms with Gasteiger partial charge in [0, 0.05) is 6.04 Å². The van der Waals surface area contributed by atoms with Crippen molar-refractivity contribution < 1.29 is 23.1 Å². The number of hydrogen-bond donors (Lipinski definition) is 2. The van der Waals surface area contributed by atoms with Gasteiger partial charge < -0.3 is 10.4 Å². The topological polar surface area (TPSA) is 62.2 Å². The zero-order chi connectivity index (χ0) is 14.8. The van der Waals surface area contributed by atoms with Crippen molar-refractivity contribution in [3.8, 4) is 0 Å². The molecular formula is C13H15F3N2O2. The first-order chi connectivity index (χ1) is 9.36. The summed E-state index contributed by atoms with van der Waals surface area (Å²) in [6, 6.07) is 3.69. The lowest BCUT2D eigenvalue weighted by molar-refractivity contribution is -0.143. The largest absolute Gasteiger partial charge is 0.481 e. The minimum Gasteiger partial charge on any atom is -0.481 e. The standard InChI is InChI=1S/C13H15F3N2O2/c14-13(15,16)10-2-1-3-11(18-10)17-9-6-4-8(5-7-9)12(19)20/h1-3,8-9H,4-7H2,(H,17,18)(H,19,20). The van der Waals surface area contributed by atoms with Crippen LogP contribution < -0.4 is 5.32 Å². The highest BCUT2D eigenvalue weighted by molar-refractivity contribution is 5.70. The SMILES string of the molecule is O=C(O)C1CCC(Nc2cccc(C(F)(F)F)n2)CC1. The first-order valence-corrected chi connectivity index (χ1v) is 6.40. The van der Waals surface area contributed by atoms with Gasteiger partial charge in [-0.3, -0.25) is 4.79 Å². The zero-order valence-electron chi connectivity index (χ0n) is 10.7. The Morgan fingerprint density at radius 2 is 1.90 bits per heavy atom. The van der Waals surface area contributed by atoms with Crippen LogP contribution in [-0.4, -0.2) is 22.1 Å².